The van der Waals surface area contributed by atoms with Crippen LogP contribution in [0.3, 0.4) is 0 Å². The van der Waals surface area contributed by atoms with Crippen molar-refractivity contribution in [3.8, 4) is 5.75 Å². The fourth-order valence-corrected chi connectivity index (χ4v) is 2.38. The zero-order valence-electron chi connectivity index (χ0n) is 11.0. The summed E-state index contributed by atoms with van der Waals surface area (Å²) >= 11 is 1.49. The minimum Gasteiger partial charge on any atom is -0.496 e. The van der Waals surface area contributed by atoms with Crippen molar-refractivity contribution in [2.75, 3.05) is 7.11 Å². The maximum Gasteiger partial charge on any atom is 0.209 e. The molecule has 0 aliphatic heterocycles. The first-order valence-electron chi connectivity index (χ1n) is 5.65. The van der Waals surface area contributed by atoms with Gasteiger partial charge in [-0.25, -0.2) is 4.68 Å². The summed E-state index contributed by atoms with van der Waals surface area (Å²) in [5, 5.41) is 23.7. The molecule has 2 rings (SSSR count). The molecule has 9 heteroatoms. The van der Waals surface area contributed by atoms with Crippen LogP contribution in [0.25, 0.3) is 0 Å². The molecular formula is C11H14N6O2S. The number of methoxy groups -OCH3 is 1. The Kier molecular flexibility index (Phi) is 4.41. The summed E-state index contributed by atoms with van der Waals surface area (Å²) in [6.07, 6.45) is 0. The average Bonchev–Trinajstić information content (AvgIpc) is 2.89. The number of oxime groups is 1. The Morgan fingerprint density at radius 1 is 1.55 bits per heavy atom. The van der Waals surface area contributed by atoms with Crippen LogP contribution in [0.1, 0.15) is 11.1 Å². The lowest BCUT2D eigenvalue weighted by atomic mass is 10.1. The van der Waals surface area contributed by atoms with Crippen molar-refractivity contribution in [1.29, 1.82) is 0 Å². The summed E-state index contributed by atoms with van der Waals surface area (Å²) in [5.74, 6) is 1.22. The number of tetrazole rings is 1. The number of amidine groups is 1. The molecule has 0 unspecified atom stereocenters. The highest BCUT2D eigenvalue weighted by atomic mass is 32.2. The number of nitrogens with two attached hydrogens (primary N) is 1. The van der Waals surface area contributed by atoms with Crippen LogP contribution in [0.15, 0.2) is 28.5 Å². The molecule has 2 aromatic rings. The van der Waals surface area contributed by atoms with E-state index in [-0.39, 0.29) is 5.84 Å². The van der Waals surface area contributed by atoms with Gasteiger partial charge in [-0.2, -0.15) is 0 Å². The molecule has 3 N–H and O–H groups in total. The molecule has 0 radical (unpaired) electrons. The Bertz CT molecular complexity index is 627. The molecular weight excluding hydrogens is 280 g/mol. The van der Waals surface area contributed by atoms with Gasteiger partial charge < -0.3 is 15.7 Å². The topological polar surface area (TPSA) is 111 Å². The SMILES string of the molecule is COc1ccc(CSc2nnnn2C)cc1C(N)=NO. The third kappa shape index (κ3) is 2.99. The summed E-state index contributed by atoms with van der Waals surface area (Å²) < 4.78 is 6.77. The van der Waals surface area contributed by atoms with Gasteiger partial charge in [-0.15, -0.1) is 5.10 Å². The second kappa shape index (κ2) is 6.24. The van der Waals surface area contributed by atoms with E-state index in [4.69, 9.17) is 15.7 Å². The van der Waals surface area contributed by atoms with E-state index in [0.29, 0.717) is 22.2 Å². The van der Waals surface area contributed by atoms with Crippen LogP contribution in [-0.4, -0.2) is 38.4 Å². The number of aromatic nitrogens is 4. The molecule has 1 aromatic carbocycles. The molecule has 0 bridgehead atoms. The molecule has 0 spiro atoms. The molecule has 1 heterocycles. The van der Waals surface area contributed by atoms with E-state index in [1.54, 1.807) is 17.8 Å². The number of nitrogens with zero attached hydrogens (tertiary/aromatic N) is 5. The first kappa shape index (κ1) is 14.1. The third-order valence-electron chi connectivity index (χ3n) is 2.60. The van der Waals surface area contributed by atoms with Gasteiger partial charge in [-0.1, -0.05) is 23.0 Å². The van der Waals surface area contributed by atoms with Gasteiger partial charge in [0.25, 0.3) is 0 Å². The predicted octanol–water partition coefficient (Wildman–Crippen LogP) is 0.606. The van der Waals surface area contributed by atoms with Gasteiger partial charge in [0.1, 0.15) is 5.75 Å². The molecule has 0 atom stereocenters. The molecule has 0 saturated heterocycles. The minimum absolute atomic E-state index is 0.00836. The Morgan fingerprint density at radius 3 is 2.95 bits per heavy atom. The summed E-state index contributed by atoms with van der Waals surface area (Å²) in [4.78, 5) is 0. The molecule has 8 nitrogen and oxygen atoms in total. The number of ether oxygens (including phenoxy) is 1. The summed E-state index contributed by atoms with van der Waals surface area (Å²) in [6, 6.07) is 5.49. The zero-order valence-corrected chi connectivity index (χ0v) is 11.8. The van der Waals surface area contributed by atoms with Gasteiger partial charge in [-0.05, 0) is 28.1 Å². The van der Waals surface area contributed by atoms with Gasteiger partial charge in [0, 0.05) is 12.8 Å². The molecule has 0 aliphatic rings. The largest absolute Gasteiger partial charge is 0.496 e. The Balaban J connectivity index is 2.19. The molecule has 1 aromatic heterocycles. The molecule has 106 valence electrons. The lowest BCUT2D eigenvalue weighted by Crippen LogP contribution is -2.14. The van der Waals surface area contributed by atoms with Crippen LogP contribution in [0.4, 0.5) is 0 Å². The lowest BCUT2D eigenvalue weighted by molar-refractivity contribution is 0.318. The van der Waals surface area contributed by atoms with E-state index in [2.05, 4.69) is 20.7 Å². The number of hydrogen-bond donors (Lipinski definition) is 2. The molecule has 0 amide bonds. The van der Waals surface area contributed by atoms with Gasteiger partial charge in [-0.3, -0.25) is 0 Å². The second-order valence-electron chi connectivity index (χ2n) is 3.89. The maximum absolute atomic E-state index is 8.79. The third-order valence-corrected chi connectivity index (χ3v) is 3.68. The van der Waals surface area contributed by atoms with Crippen LogP contribution in [-0.2, 0) is 12.8 Å². The zero-order chi connectivity index (χ0) is 14.5. The van der Waals surface area contributed by atoms with Crippen molar-refractivity contribution in [3.63, 3.8) is 0 Å². The first-order chi connectivity index (χ1) is 9.65. The molecule has 0 saturated carbocycles. The Morgan fingerprint density at radius 2 is 2.35 bits per heavy atom. The van der Waals surface area contributed by atoms with Crippen molar-refractivity contribution >= 4 is 17.6 Å². The van der Waals surface area contributed by atoms with Crippen molar-refractivity contribution in [2.24, 2.45) is 17.9 Å². The smallest absolute Gasteiger partial charge is 0.209 e. The van der Waals surface area contributed by atoms with Crippen LogP contribution < -0.4 is 10.5 Å². The first-order valence-corrected chi connectivity index (χ1v) is 6.64. The second-order valence-corrected chi connectivity index (χ2v) is 4.84. The minimum atomic E-state index is 0.00836. The van der Waals surface area contributed by atoms with Crippen molar-refractivity contribution in [1.82, 2.24) is 20.2 Å². The monoisotopic (exact) mass is 294 g/mol. The molecule has 0 fully saturated rings. The van der Waals surface area contributed by atoms with Gasteiger partial charge in [0.05, 0.1) is 12.7 Å². The van der Waals surface area contributed by atoms with E-state index in [9.17, 15) is 0 Å². The highest BCUT2D eigenvalue weighted by Crippen LogP contribution is 2.24. The number of benzene rings is 1. The van der Waals surface area contributed by atoms with Crippen LogP contribution in [0.2, 0.25) is 0 Å². The van der Waals surface area contributed by atoms with Gasteiger partial charge in [0.15, 0.2) is 5.84 Å². The van der Waals surface area contributed by atoms with Crippen molar-refractivity contribution in [2.45, 2.75) is 10.9 Å². The number of thioether (sulfide) groups is 1. The highest BCUT2D eigenvalue weighted by molar-refractivity contribution is 7.98. The maximum atomic E-state index is 8.79. The quantitative estimate of drug-likeness (QED) is 0.273. The van der Waals surface area contributed by atoms with Crippen molar-refractivity contribution < 1.29 is 9.94 Å². The average molecular weight is 294 g/mol. The Labute approximate surface area is 119 Å². The molecule has 20 heavy (non-hydrogen) atoms. The fraction of sp³-hybridized carbons (Fsp3) is 0.273. The van der Waals surface area contributed by atoms with E-state index in [1.807, 2.05) is 12.1 Å². The van der Waals surface area contributed by atoms with E-state index >= 15 is 0 Å². The van der Waals surface area contributed by atoms with E-state index in [0.717, 1.165) is 5.56 Å². The standard InChI is InChI=1S/C11H14N6O2S/c1-17-11(13-15-16-17)20-6-7-3-4-9(19-2)8(5-7)10(12)14-18/h3-5,18H,6H2,1-2H3,(H2,12,14). The Hall–Kier alpha value is -2.29. The van der Waals surface area contributed by atoms with Crippen LogP contribution >= 0.6 is 11.8 Å². The van der Waals surface area contributed by atoms with Gasteiger partial charge in [0.2, 0.25) is 5.16 Å². The highest BCUT2D eigenvalue weighted by Gasteiger charge is 2.10. The summed E-state index contributed by atoms with van der Waals surface area (Å²) in [6.45, 7) is 0. The van der Waals surface area contributed by atoms with E-state index in [1.165, 1.54) is 18.9 Å². The number of rotatable bonds is 5. The van der Waals surface area contributed by atoms with Gasteiger partial charge >= 0.3 is 0 Å². The number of hydrogen-bond acceptors (Lipinski definition) is 7. The molecule has 0 aliphatic carbocycles. The van der Waals surface area contributed by atoms with E-state index < -0.39 is 0 Å². The fourth-order valence-electron chi connectivity index (χ4n) is 1.59. The predicted molar refractivity (Wildman–Crippen MR) is 73.9 cm³/mol. The normalized spacial score (nSPS) is 11.6. The van der Waals surface area contributed by atoms with Crippen molar-refractivity contribution in [3.05, 3.63) is 29.3 Å². The summed E-state index contributed by atoms with van der Waals surface area (Å²) in [7, 11) is 3.31. The number of aryl methyl sites for hydroxylation is 1. The summed E-state index contributed by atoms with van der Waals surface area (Å²) in [5.41, 5.74) is 7.16. The van der Waals surface area contributed by atoms with Crippen LogP contribution in [0, 0.1) is 0 Å². The lowest BCUT2D eigenvalue weighted by Gasteiger charge is -2.09. The van der Waals surface area contributed by atoms with Crippen LogP contribution in [0.5, 0.6) is 5.75 Å².